The van der Waals surface area contributed by atoms with Gasteiger partial charge in [-0.3, -0.25) is 0 Å². The van der Waals surface area contributed by atoms with Crippen molar-refractivity contribution in [3.63, 3.8) is 0 Å². The van der Waals surface area contributed by atoms with E-state index < -0.39 is 24.1 Å². The third kappa shape index (κ3) is 7.45. The maximum atomic E-state index is 15.3. The topological polar surface area (TPSA) is 79.7 Å². The van der Waals surface area contributed by atoms with Crippen LogP contribution in [0.5, 0.6) is 0 Å². The number of alkyl halides is 2. The Morgan fingerprint density at radius 1 is 0.862 bits per heavy atom. The minimum absolute atomic E-state index is 0.0102. The largest absolute Gasteiger partial charge is 0.382 e. The fraction of sp³-hybridized carbons (Fsp3) is 0.455. The third-order valence-corrected chi connectivity index (χ3v) is 4.64. The van der Waals surface area contributed by atoms with Crippen molar-refractivity contribution in [2.24, 2.45) is 11.5 Å². The van der Waals surface area contributed by atoms with Gasteiger partial charge in [0.1, 0.15) is 12.9 Å². The molecule has 0 spiro atoms. The second kappa shape index (κ2) is 11.9. The van der Waals surface area contributed by atoms with E-state index in [1.165, 1.54) is 7.11 Å². The lowest BCUT2D eigenvalue weighted by atomic mass is 9.91. The maximum Gasteiger partial charge on any atom is 0.290 e. The molecule has 0 amide bonds. The summed E-state index contributed by atoms with van der Waals surface area (Å²) in [7, 11) is 1.53. The van der Waals surface area contributed by atoms with Gasteiger partial charge in [0.15, 0.2) is 0 Å². The zero-order valence-corrected chi connectivity index (χ0v) is 16.7. The Labute approximate surface area is 170 Å². The molecule has 0 saturated heterocycles. The first kappa shape index (κ1) is 23.4. The van der Waals surface area contributed by atoms with Crippen LogP contribution in [0.4, 0.5) is 8.78 Å². The van der Waals surface area contributed by atoms with Gasteiger partial charge < -0.3 is 25.7 Å². The van der Waals surface area contributed by atoms with Crippen LogP contribution >= 0.6 is 0 Å². The van der Waals surface area contributed by atoms with Crippen LogP contribution in [0.25, 0.3) is 0 Å². The summed E-state index contributed by atoms with van der Waals surface area (Å²) in [6, 6.07) is 15.8. The molecular weight excluding hydrogens is 378 g/mol. The molecule has 0 heterocycles. The maximum absolute atomic E-state index is 15.3. The van der Waals surface area contributed by atoms with E-state index in [0.29, 0.717) is 6.61 Å². The first-order valence-corrected chi connectivity index (χ1v) is 9.60. The van der Waals surface area contributed by atoms with E-state index in [1.807, 2.05) is 36.4 Å². The molecule has 0 fully saturated rings. The quantitative estimate of drug-likeness (QED) is 0.394. The normalized spacial score (nSPS) is 15.1. The first-order chi connectivity index (χ1) is 13.9. The molecule has 0 aromatic heterocycles. The summed E-state index contributed by atoms with van der Waals surface area (Å²) < 4.78 is 46.1. The number of ether oxygens (including phenoxy) is 3. The van der Waals surface area contributed by atoms with Gasteiger partial charge in [0.25, 0.3) is 5.92 Å². The van der Waals surface area contributed by atoms with Crippen LogP contribution in [-0.4, -0.2) is 51.2 Å². The molecule has 2 aromatic carbocycles. The van der Waals surface area contributed by atoms with E-state index in [0.717, 1.165) is 11.1 Å². The van der Waals surface area contributed by atoms with Gasteiger partial charge in [0.05, 0.1) is 19.3 Å². The highest BCUT2D eigenvalue weighted by Gasteiger charge is 2.49. The second-order valence-electron chi connectivity index (χ2n) is 6.93. The van der Waals surface area contributed by atoms with Gasteiger partial charge in [-0.1, -0.05) is 60.7 Å². The SMILES string of the molecule is COCCOCOC(C(N)Cc1ccccc1)C(F)(F)C(N)Cc1ccccc1. The molecule has 3 unspecified atom stereocenters. The van der Waals surface area contributed by atoms with Crippen molar-refractivity contribution in [2.45, 2.75) is 37.0 Å². The standard InChI is InChI=1S/C22H30F2N2O3/c1-27-12-13-28-16-29-21(19(25)14-17-8-4-2-5-9-17)22(23,24)20(26)15-18-10-6-3-7-11-18/h2-11,19-21H,12-16,25-26H2,1H3. The molecule has 0 radical (unpaired) electrons. The smallest absolute Gasteiger partial charge is 0.290 e. The van der Waals surface area contributed by atoms with Gasteiger partial charge >= 0.3 is 0 Å². The molecule has 0 aliphatic heterocycles. The molecule has 3 atom stereocenters. The molecule has 2 rings (SSSR count). The predicted molar refractivity (Wildman–Crippen MR) is 109 cm³/mol. The third-order valence-electron chi connectivity index (χ3n) is 4.64. The van der Waals surface area contributed by atoms with Crippen LogP contribution in [0.2, 0.25) is 0 Å². The Kier molecular flexibility index (Phi) is 9.63. The summed E-state index contributed by atoms with van der Waals surface area (Å²) in [5, 5.41) is 0. The van der Waals surface area contributed by atoms with Crippen molar-refractivity contribution in [1.29, 1.82) is 0 Å². The van der Waals surface area contributed by atoms with E-state index in [2.05, 4.69) is 0 Å². The van der Waals surface area contributed by atoms with Crippen LogP contribution in [0, 0.1) is 0 Å². The van der Waals surface area contributed by atoms with Crippen molar-refractivity contribution in [3.8, 4) is 0 Å². The number of halogens is 2. The van der Waals surface area contributed by atoms with E-state index in [4.69, 9.17) is 25.7 Å². The Morgan fingerprint density at radius 3 is 1.97 bits per heavy atom. The molecule has 0 aliphatic rings. The summed E-state index contributed by atoms with van der Waals surface area (Å²) >= 11 is 0. The minimum atomic E-state index is -3.35. The van der Waals surface area contributed by atoms with Gasteiger partial charge in [-0.25, -0.2) is 8.78 Å². The molecule has 7 heteroatoms. The van der Waals surface area contributed by atoms with Crippen molar-refractivity contribution < 1.29 is 23.0 Å². The number of hydrogen-bond donors (Lipinski definition) is 2. The molecule has 29 heavy (non-hydrogen) atoms. The van der Waals surface area contributed by atoms with Crippen LogP contribution < -0.4 is 11.5 Å². The van der Waals surface area contributed by atoms with E-state index >= 15 is 8.78 Å². The molecule has 0 saturated carbocycles. The lowest BCUT2D eigenvalue weighted by Crippen LogP contribution is -2.58. The first-order valence-electron chi connectivity index (χ1n) is 9.60. The van der Waals surface area contributed by atoms with Crippen LogP contribution in [0.1, 0.15) is 11.1 Å². The van der Waals surface area contributed by atoms with Crippen molar-refractivity contribution in [1.82, 2.24) is 0 Å². The van der Waals surface area contributed by atoms with E-state index in [9.17, 15) is 0 Å². The molecule has 5 nitrogen and oxygen atoms in total. The van der Waals surface area contributed by atoms with Crippen LogP contribution in [0.3, 0.4) is 0 Å². The summed E-state index contributed by atoms with van der Waals surface area (Å²) in [5.41, 5.74) is 13.7. The van der Waals surface area contributed by atoms with Gasteiger partial charge in [0, 0.05) is 13.2 Å². The van der Waals surface area contributed by atoms with Gasteiger partial charge in [0.2, 0.25) is 0 Å². The number of hydrogen-bond acceptors (Lipinski definition) is 5. The Balaban J connectivity index is 2.09. The average molecular weight is 408 g/mol. The minimum Gasteiger partial charge on any atom is -0.382 e. The molecule has 0 bridgehead atoms. The van der Waals surface area contributed by atoms with Gasteiger partial charge in [-0.2, -0.15) is 0 Å². The monoisotopic (exact) mass is 408 g/mol. The molecular formula is C22H30F2N2O3. The summed E-state index contributed by atoms with van der Waals surface area (Å²) in [6.07, 6.45) is -1.35. The molecule has 2 aromatic rings. The number of nitrogens with two attached hydrogens (primary N) is 2. The Hall–Kier alpha value is -1.90. The lowest BCUT2D eigenvalue weighted by molar-refractivity contribution is -0.198. The van der Waals surface area contributed by atoms with Gasteiger partial charge in [-0.15, -0.1) is 0 Å². The fourth-order valence-corrected chi connectivity index (χ4v) is 3.05. The van der Waals surface area contributed by atoms with Crippen molar-refractivity contribution >= 4 is 0 Å². The highest BCUT2D eigenvalue weighted by atomic mass is 19.3. The fourth-order valence-electron chi connectivity index (χ4n) is 3.05. The summed E-state index contributed by atoms with van der Waals surface area (Å²) in [4.78, 5) is 0. The average Bonchev–Trinajstić information content (AvgIpc) is 2.71. The summed E-state index contributed by atoms with van der Waals surface area (Å²) in [6.45, 7) is 0.261. The Bertz CT molecular complexity index is 689. The predicted octanol–water partition coefficient (Wildman–Crippen LogP) is 2.77. The van der Waals surface area contributed by atoms with Crippen molar-refractivity contribution in [2.75, 3.05) is 27.1 Å². The number of benzene rings is 2. The van der Waals surface area contributed by atoms with Crippen LogP contribution in [-0.2, 0) is 27.1 Å². The summed E-state index contributed by atoms with van der Waals surface area (Å²) in [5.74, 6) is -3.35. The van der Waals surface area contributed by atoms with Gasteiger partial charge in [-0.05, 0) is 24.0 Å². The van der Waals surface area contributed by atoms with Crippen LogP contribution in [0.15, 0.2) is 60.7 Å². The highest BCUT2D eigenvalue weighted by molar-refractivity contribution is 5.19. The zero-order valence-electron chi connectivity index (χ0n) is 16.7. The van der Waals surface area contributed by atoms with E-state index in [1.54, 1.807) is 24.3 Å². The Morgan fingerprint density at radius 2 is 1.41 bits per heavy atom. The van der Waals surface area contributed by atoms with Crippen molar-refractivity contribution in [3.05, 3.63) is 71.8 Å². The lowest BCUT2D eigenvalue weighted by Gasteiger charge is -2.35. The molecule has 4 N–H and O–H groups in total. The number of rotatable bonds is 13. The van der Waals surface area contributed by atoms with E-state index in [-0.39, 0.29) is 26.2 Å². The highest BCUT2D eigenvalue weighted by Crippen LogP contribution is 2.29. The zero-order chi connectivity index (χ0) is 21.1. The number of methoxy groups -OCH3 is 1. The second-order valence-corrected chi connectivity index (χ2v) is 6.93. The molecule has 0 aliphatic carbocycles. The molecule has 160 valence electrons.